The molecule has 0 radical (unpaired) electrons. The van der Waals surface area contributed by atoms with Crippen LogP contribution in [0.1, 0.15) is 26.7 Å². The van der Waals surface area contributed by atoms with E-state index in [9.17, 15) is 9.50 Å². The van der Waals surface area contributed by atoms with Crippen molar-refractivity contribution in [3.8, 4) is 11.3 Å². The molecule has 2 aromatic rings. The van der Waals surface area contributed by atoms with Crippen LogP contribution in [0.3, 0.4) is 0 Å². The fraction of sp³-hybridized carbons (Fsp3) is 0.524. The molecule has 0 unspecified atom stereocenters. The van der Waals surface area contributed by atoms with Crippen LogP contribution in [0, 0.1) is 17.7 Å². The predicted molar refractivity (Wildman–Crippen MR) is 109 cm³/mol. The van der Waals surface area contributed by atoms with E-state index < -0.39 is 5.60 Å². The summed E-state index contributed by atoms with van der Waals surface area (Å²) in [4.78, 5) is 2.38. The monoisotopic (exact) mass is 404 g/mol. The Kier molecular flexibility index (Phi) is 5.29. The minimum atomic E-state index is -0.641. The van der Waals surface area contributed by atoms with Gasteiger partial charge in [0.25, 0.3) is 0 Å². The Hall–Kier alpha value is -1.76. The van der Waals surface area contributed by atoms with Crippen molar-refractivity contribution in [3.05, 3.63) is 41.2 Å². The normalized spacial score (nSPS) is 25.1. The Bertz CT molecular complexity index is 825. The molecule has 0 bridgehead atoms. The zero-order valence-electron chi connectivity index (χ0n) is 16.2. The first-order chi connectivity index (χ1) is 13.3. The molecule has 2 N–H and O–H groups in total. The van der Waals surface area contributed by atoms with Crippen molar-refractivity contribution < 1.29 is 9.50 Å². The largest absolute Gasteiger partial charge is 0.389 e. The van der Waals surface area contributed by atoms with Crippen LogP contribution in [0.25, 0.3) is 11.3 Å². The van der Waals surface area contributed by atoms with Gasteiger partial charge < -0.3 is 10.4 Å². The molecule has 1 aromatic heterocycles. The number of hydrogen-bond donors (Lipinski definition) is 2. The lowest BCUT2D eigenvalue weighted by Crippen LogP contribution is -2.38. The van der Waals surface area contributed by atoms with E-state index in [1.807, 2.05) is 26.0 Å². The van der Waals surface area contributed by atoms with Crippen molar-refractivity contribution in [2.75, 3.05) is 25.0 Å². The van der Waals surface area contributed by atoms with Crippen molar-refractivity contribution in [1.29, 1.82) is 0 Å². The number of β-amino-alcohol motifs (C(OH)–C–C–N with tert-alkyl or cyclic N) is 1. The number of likely N-dealkylation sites (tertiary alicyclic amines) is 1. The van der Waals surface area contributed by atoms with E-state index in [0.717, 1.165) is 38.3 Å². The Morgan fingerprint density at radius 1 is 1.18 bits per heavy atom. The molecule has 2 aliphatic rings. The van der Waals surface area contributed by atoms with E-state index in [4.69, 9.17) is 11.6 Å². The molecular formula is C21H26ClFN4O. The number of aliphatic hydroxyl groups is 1. The van der Waals surface area contributed by atoms with E-state index in [1.165, 1.54) is 18.2 Å². The van der Waals surface area contributed by atoms with E-state index in [1.54, 1.807) is 0 Å². The fourth-order valence-electron chi connectivity index (χ4n) is 4.65. The third kappa shape index (κ3) is 4.45. The highest BCUT2D eigenvalue weighted by Crippen LogP contribution is 2.39. The summed E-state index contributed by atoms with van der Waals surface area (Å²) in [5.41, 5.74) is 0.460. The molecule has 150 valence electrons. The average molecular weight is 405 g/mol. The molecule has 2 fully saturated rings. The molecule has 4 rings (SSSR count). The predicted octanol–water partition coefficient (Wildman–Crippen LogP) is 3.83. The van der Waals surface area contributed by atoms with Crippen LogP contribution in [0.5, 0.6) is 0 Å². The van der Waals surface area contributed by atoms with Crippen molar-refractivity contribution in [2.45, 2.75) is 38.3 Å². The molecule has 1 saturated heterocycles. The first-order valence-electron chi connectivity index (χ1n) is 9.77. The minimum absolute atomic E-state index is 0.348. The Balaban J connectivity index is 1.35. The van der Waals surface area contributed by atoms with Gasteiger partial charge in [-0.1, -0.05) is 11.6 Å². The third-order valence-corrected chi connectivity index (χ3v) is 5.99. The summed E-state index contributed by atoms with van der Waals surface area (Å²) in [7, 11) is 0. The van der Waals surface area contributed by atoms with Crippen LogP contribution in [0.4, 0.5) is 10.2 Å². The van der Waals surface area contributed by atoms with Crippen LogP contribution < -0.4 is 5.32 Å². The molecule has 0 spiro atoms. The molecule has 1 aliphatic carbocycles. The molecule has 3 atom stereocenters. The molecule has 28 heavy (non-hydrogen) atoms. The smallest absolute Gasteiger partial charge is 0.148 e. The highest BCUT2D eigenvalue weighted by Gasteiger charge is 2.41. The van der Waals surface area contributed by atoms with Crippen LogP contribution >= 0.6 is 11.6 Å². The van der Waals surface area contributed by atoms with Crippen molar-refractivity contribution in [2.24, 2.45) is 11.8 Å². The molecule has 1 saturated carbocycles. The van der Waals surface area contributed by atoms with Gasteiger partial charge in [0.2, 0.25) is 0 Å². The molecule has 5 nitrogen and oxygen atoms in total. The van der Waals surface area contributed by atoms with Gasteiger partial charge in [0, 0.05) is 31.2 Å². The fourth-order valence-corrected chi connectivity index (χ4v) is 4.86. The quantitative estimate of drug-likeness (QED) is 0.793. The van der Waals surface area contributed by atoms with Gasteiger partial charge >= 0.3 is 0 Å². The molecular weight excluding hydrogens is 379 g/mol. The zero-order chi connectivity index (χ0) is 19.9. The number of nitrogens with zero attached hydrogens (tertiary/aromatic N) is 3. The lowest BCUT2D eigenvalue weighted by molar-refractivity contribution is 0.0414. The standard InChI is InChI=1S/C21H26ClFN4O/c1-21(2,28)12-27-10-13-7-16(8-14(13)11-27)24-20-6-5-19(25-26-20)17-9-15(23)3-4-18(17)22/h3-6,9,13-14,16,28H,7-8,10-12H2,1-2H3,(H,24,26)/t13-,14+,16+. The summed E-state index contributed by atoms with van der Waals surface area (Å²) in [6.45, 7) is 6.56. The SMILES string of the molecule is CC(C)(O)CN1C[C@H]2C[C@H](Nc3ccc(-c4cc(F)ccc4Cl)nn3)C[C@H]2C1. The summed E-state index contributed by atoms with van der Waals surface area (Å²) in [5.74, 6) is 1.71. The van der Waals surface area contributed by atoms with E-state index in [2.05, 4.69) is 20.4 Å². The van der Waals surface area contributed by atoms with Gasteiger partial charge in [0.15, 0.2) is 0 Å². The number of rotatable bonds is 5. The van der Waals surface area contributed by atoms with Gasteiger partial charge in [-0.15, -0.1) is 10.2 Å². The highest BCUT2D eigenvalue weighted by molar-refractivity contribution is 6.33. The highest BCUT2D eigenvalue weighted by atomic mass is 35.5. The molecule has 7 heteroatoms. The topological polar surface area (TPSA) is 61.3 Å². The van der Waals surface area contributed by atoms with Gasteiger partial charge in [-0.3, -0.25) is 4.90 Å². The van der Waals surface area contributed by atoms with Crippen LogP contribution in [-0.4, -0.2) is 51.5 Å². The number of fused-ring (bicyclic) bond motifs is 1. The Morgan fingerprint density at radius 3 is 2.50 bits per heavy atom. The van der Waals surface area contributed by atoms with Crippen LogP contribution in [-0.2, 0) is 0 Å². The maximum Gasteiger partial charge on any atom is 0.148 e. The number of benzene rings is 1. The average Bonchev–Trinajstić information content (AvgIpc) is 3.14. The first kappa shape index (κ1) is 19.6. The summed E-state index contributed by atoms with van der Waals surface area (Å²) in [6.07, 6.45) is 2.21. The van der Waals surface area contributed by atoms with E-state index >= 15 is 0 Å². The van der Waals surface area contributed by atoms with Crippen molar-refractivity contribution in [1.82, 2.24) is 15.1 Å². The molecule has 2 heterocycles. The maximum atomic E-state index is 13.5. The van der Waals surface area contributed by atoms with E-state index in [-0.39, 0.29) is 5.82 Å². The number of aromatic nitrogens is 2. The second-order valence-electron chi connectivity index (χ2n) is 8.77. The molecule has 0 amide bonds. The summed E-state index contributed by atoms with van der Waals surface area (Å²) >= 11 is 6.14. The van der Waals surface area contributed by atoms with Gasteiger partial charge in [0.1, 0.15) is 11.6 Å². The summed E-state index contributed by atoms with van der Waals surface area (Å²) < 4.78 is 13.5. The summed E-state index contributed by atoms with van der Waals surface area (Å²) in [6, 6.07) is 8.30. The maximum absolute atomic E-state index is 13.5. The second-order valence-corrected chi connectivity index (χ2v) is 9.17. The van der Waals surface area contributed by atoms with E-state index in [0.29, 0.717) is 34.2 Å². The Morgan fingerprint density at radius 2 is 1.89 bits per heavy atom. The number of nitrogens with one attached hydrogen (secondary N) is 1. The van der Waals surface area contributed by atoms with Gasteiger partial charge in [-0.2, -0.15) is 0 Å². The minimum Gasteiger partial charge on any atom is -0.389 e. The van der Waals surface area contributed by atoms with Crippen molar-refractivity contribution in [3.63, 3.8) is 0 Å². The number of anilines is 1. The van der Waals surface area contributed by atoms with Gasteiger partial charge in [-0.05, 0) is 68.9 Å². The lowest BCUT2D eigenvalue weighted by Gasteiger charge is -2.26. The van der Waals surface area contributed by atoms with Crippen LogP contribution in [0.2, 0.25) is 5.02 Å². The van der Waals surface area contributed by atoms with Crippen molar-refractivity contribution >= 4 is 17.4 Å². The first-order valence-corrected chi connectivity index (χ1v) is 10.1. The molecule has 1 aromatic carbocycles. The zero-order valence-corrected chi connectivity index (χ0v) is 17.0. The Labute approximate surface area is 169 Å². The summed E-state index contributed by atoms with van der Waals surface area (Å²) in [5, 5.41) is 22.4. The van der Waals surface area contributed by atoms with Crippen LogP contribution in [0.15, 0.2) is 30.3 Å². The third-order valence-electron chi connectivity index (χ3n) is 5.66. The van der Waals surface area contributed by atoms with Gasteiger partial charge in [-0.25, -0.2) is 4.39 Å². The molecule has 1 aliphatic heterocycles. The second kappa shape index (κ2) is 7.58. The number of hydrogen-bond acceptors (Lipinski definition) is 5. The number of halogens is 2. The van der Waals surface area contributed by atoms with Gasteiger partial charge in [0.05, 0.1) is 16.3 Å². The lowest BCUT2D eigenvalue weighted by atomic mass is 10.0.